The minimum atomic E-state index is -0.959. The Balaban J connectivity index is 2.00. The number of nitrogens with zero attached hydrogens (tertiary/aromatic N) is 2. The van der Waals surface area contributed by atoms with Gasteiger partial charge in [0.25, 0.3) is 0 Å². The van der Waals surface area contributed by atoms with E-state index in [2.05, 4.69) is 11.9 Å². The highest BCUT2D eigenvalue weighted by molar-refractivity contribution is 6.00. The largest absolute Gasteiger partial charge is 0.478 e. The Morgan fingerprint density at radius 3 is 2.95 bits per heavy atom. The van der Waals surface area contributed by atoms with Crippen LogP contribution in [0.5, 0.6) is 0 Å². The molecule has 1 N–H and O–H groups in total. The van der Waals surface area contributed by atoms with Gasteiger partial charge < -0.3 is 14.1 Å². The molecule has 2 aromatic heterocycles. The molecule has 3 aromatic rings. The molecule has 0 aliphatic rings. The molecule has 0 bridgehead atoms. The number of rotatable bonds is 4. The van der Waals surface area contributed by atoms with Gasteiger partial charge in [-0.1, -0.05) is 6.07 Å². The first kappa shape index (κ1) is 12.5. The zero-order valence-electron chi connectivity index (χ0n) is 11.0. The van der Waals surface area contributed by atoms with Crippen molar-refractivity contribution in [3.05, 3.63) is 54.2 Å². The monoisotopic (exact) mass is 270 g/mol. The molecule has 0 aliphatic heterocycles. The fraction of sp³-hybridized carbons (Fsp3) is 0.200. The Kier molecular flexibility index (Phi) is 3.02. The van der Waals surface area contributed by atoms with Gasteiger partial charge in [-0.15, -0.1) is 0 Å². The van der Waals surface area contributed by atoms with Gasteiger partial charge >= 0.3 is 5.97 Å². The predicted molar refractivity (Wildman–Crippen MR) is 73.8 cm³/mol. The second kappa shape index (κ2) is 4.85. The standard InChI is InChI=1S/C15H14N2O3/c1-10(8-11-4-3-7-20-11)17-9-16-14-12(15(18)19)5-2-6-13(14)17/h2-7,9-10H,8H2,1H3,(H,18,19). The molecule has 5 heteroatoms. The van der Waals surface area contributed by atoms with Crippen molar-refractivity contribution in [3.63, 3.8) is 0 Å². The normalized spacial score (nSPS) is 12.7. The number of imidazole rings is 1. The third-order valence-electron chi connectivity index (χ3n) is 3.39. The van der Waals surface area contributed by atoms with E-state index in [0.717, 1.165) is 17.7 Å². The SMILES string of the molecule is CC(Cc1ccco1)n1cnc2c(C(=O)O)cccc21. The van der Waals surface area contributed by atoms with Gasteiger partial charge in [0.15, 0.2) is 0 Å². The van der Waals surface area contributed by atoms with E-state index in [4.69, 9.17) is 4.42 Å². The van der Waals surface area contributed by atoms with Gasteiger partial charge in [-0.05, 0) is 31.2 Å². The van der Waals surface area contributed by atoms with Crippen LogP contribution in [0.1, 0.15) is 29.1 Å². The van der Waals surface area contributed by atoms with E-state index in [1.807, 2.05) is 22.8 Å². The van der Waals surface area contributed by atoms with Crippen LogP contribution in [0, 0.1) is 0 Å². The molecule has 102 valence electrons. The molecule has 5 nitrogen and oxygen atoms in total. The van der Waals surface area contributed by atoms with Gasteiger partial charge in [0.05, 0.1) is 23.7 Å². The van der Waals surface area contributed by atoms with Crippen LogP contribution in [0.25, 0.3) is 11.0 Å². The lowest BCUT2D eigenvalue weighted by molar-refractivity contribution is 0.0699. The van der Waals surface area contributed by atoms with Crippen molar-refractivity contribution in [3.8, 4) is 0 Å². The Bertz CT molecular complexity index is 744. The summed E-state index contributed by atoms with van der Waals surface area (Å²) in [5.41, 5.74) is 1.57. The van der Waals surface area contributed by atoms with Crippen molar-refractivity contribution in [1.29, 1.82) is 0 Å². The number of carboxylic acid groups (broad SMARTS) is 1. The number of furan rings is 1. The van der Waals surface area contributed by atoms with Crippen LogP contribution in [-0.4, -0.2) is 20.6 Å². The van der Waals surface area contributed by atoms with E-state index in [1.54, 1.807) is 24.7 Å². The van der Waals surface area contributed by atoms with Crippen LogP contribution in [0.4, 0.5) is 0 Å². The smallest absolute Gasteiger partial charge is 0.337 e. The average Bonchev–Trinajstić information content (AvgIpc) is 3.06. The number of carboxylic acids is 1. The molecule has 0 radical (unpaired) electrons. The molecule has 20 heavy (non-hydrogen) atoms. The summed E-state index contributed by atoms with van der Waals surface area (Å²) in [6, 6.07) is 9.11. The van der Waals surface area contributed by atoms with Crippen molar-refractivity contribution < 1.29 is 14.3 Å². The number of benzene rings is 1. The molecule has 2 heterocycles. The Labute approximate surface area is 115 Å². The summed E-state index contributed by atoms with van der Waals surface area (Å²) in [4.78, 5) is 15.4. The van der Waals surface area contributed by atoms with Crippen LogP contribution in [0.2, 0.25) is 0 Å². The minimum absolute atomic E-state index is 0.134. The first-order valence-corrected chi connectivity index (χ1v) is 6.38. The number of aromatic nitrogens is 2. The van der Waals surface area contributed by atoms with Crippen LogP contribution in [0.3, 0.4) is 0 Å². The molecule has 1 atom stereocenters. The van der Waals surface area contributed by atoms with Crippen LogP contribution >= 0.6 is 0 Å². The van der Waals surface area contributed by atoms with E-state index in [-0.39, 0.29) is 11.6 Å². The average molecular weight is 270 g/mol. The van der Waals surface area contributed by atoms with Gasteiger partial charge in [0.1, 0.15) is 11.3 Å². The molecule has 0 aliphatic carbocycles. The Morgan fingerprint density at radius 1 is 1.40 bits per heavy atom. The van der Waals surface area contributed by atoms with Crippen molar-refractivity contribution in [2.75, 3.05) is 0 Å². The van der Waals surface area contributed by atoms with Gasteiger partial charge in [-0.3, -0.25) is 0 Å². The summed E-state index contributed by atoms with van der Waals surface area (Å²) in [5, 5.41) is 9.17. The maximum Gasteiger partial charge on any atom is 0.337 e. The third kappa shape index (κ3) is 2.07. The van der Waals surface area contributed by atoms with E-state index < -0.39 is 5.97 Å². The van der Waals surface area contributed by atoms with Crippen molar-refractivity contribution in [2.24, 2.45) is 0 Å². The van der Waals surface area contributed by atoms with E-state index in [1.165, 1.54) is 0 Å². The number of para-hydroxylation sites is 1. The number of hydrogen-bond donors (Lipinski definition) is 1. The van der Waals surface area contributed by atoms with Crippen LogP contribution in [-0.2, 0) is 6.42 Å². The zero-order chi connectivity index (χ0) is 14.1. The number of carbonyl (C=O) groups is 1. The molecule has 1 unspecified atom stereocenters. The molecular formula is C15H14N2O3. The quantitative estimate of drug-likeness (QED) is 0.790. The maximum absolute atomic E-state index is 11.2. The molecule has 0 fully saturated rings. The lowest BCUT2D eigenvalue weighted by Crippen LogP contribution is -2.06. The maximum atomic E-state index is 11.2. The first-order chi connectivity index (χ1) is 9.66. The topological polar surface area (TPSA) is 68.3 Å². The van der Waals surface area contributed by atoms with E-state index in [0.29, 0.717) is 5.52 Å². The highest BCUT2D eigenvalue weighted by Gasteiger charge is 2.15. The van der Waals surface area contributed by atoms with Gasteiger partial charge in [0.2, 0.25) is 0 Å². The second-order valence-corrected chi connectivity index (χ2v) is 4.76. The highest BCUT2D eigenvalue weighted by atomic mass is 16.4. The van der Waals surface area contributed by atoms with Crippen molar-refractivity contribution >= 4 is 17.0 Å². The summed E-state index contributed by atoms with van der Waals surface area (Å²) >= 11 is 0. The Hall–Kier alpha value is -2.56. The summed E-state index contributed by atoms with van der Waals surface area (Å²) in [5.74, 6) is -0.0618. The molecule has 0 saturated heterocycles. The predicted octanol–water partition coefficient (Wildman–Crippen LogP) is 3.13. The molecule has 0 saturated carbocycles. The fourth-order valence-corrected chi connectivity index (χ4v) is 2.40. The molecule has 0 amide bonds. The van der Waals surface area contributed by atoms with Gasteiger partial charge in [-0.25, -0.2) is 9.78 Å². The minimum Gasteiger partial charge on any atom is -0.478 e. The third-order valence-corrected chi connectivity index (χ3v) is 3.39. The summed E-state index contributed by atoms with van der Waals surface area (Å²) in [7, 11) is 0. The van der Waals surface area contributed by atoms with Crippen molar-refractivity contribution in [2.45, 2.75) is 19.4 Å². The number of aromatic carboxylic acids is 1. The lowest BCUT2D eigenvalue weighted by atomic mass is 10.1. The number of fused-ring (bicyclic) bond motifs is 1. The second-order valence-electron chi connectivity index (χ2n) is 4.76. The van der Waals surface area contributed by atoms with Gasteiger partial charge in [0, 0.05) is 12.5 Å². The number of hydrogen-bond acceptors (Lipinski definition) is 3. The van der Waals surface area contributed by atoms with E-state index >= 15 is 0 Å². The van der Waals surface area contributed by atoms with Crippen LogP contribution < -0.4 is 0 Å². The molecular weight excluding hydrogens is 256 g/mol. The molecule has 0 spiro atoms. The van der Waals surface area contributed by atoms with Gasteiger partial charge in [-0.2, -0.15) is 0 Å². The zero-order valence-corrected chi connectivity index (χ0v) is 11.0. The summed E-state index contributed by atoms with van der Waals surface area (Å²) in [6.45, 7) is 2.05. The van der Waals surface area contributed by atoms with E-state index in [9.17, 15) is 9.90 Å². The fourth-order valence-electron chi connectivity index (χ4n) is 2.40. The highest BCUT2D eigenvalue weighted by Crippen LogP contribution is 2.23. The summed E-state index contributed by atoms with van der Waals surface area (Å²) < 4.78 is 7.32. The van der Waals surface area contributed by atoms with Crippen LogP contribution in [0.15, 0.2) is 47.3 Å². The van der Waals surface area contributed by atoms with Crippen molar-refractivity contribution in [1.82, 2.24) is 9.55 Å². The Morgan fingerprint density at radius 2 is 2.25 bits per heavy atom. The first-order valence-electron chi connectivity index (χ1n) is 6.38. The molecule has 3 rings (SSSR count). The lowest BCUT2D eigenvalue weighted by Gasteiger charge is -2.13. The summed E-state index contributed by atoms with van der Waals surface area (Å²) in [6.07, 6.45) is 4.07. The molecule has 1 aromatic carbocycles.